The van der Waals surface area contributed by atoms with E-state index < -0.39 is 5.97 Å². The standard InChI is InChI=1S/C13H16ClNO3/c1-8-6-18-7-9(2)15(8)12-4-3-10(14)5-11(12)13(16)17/h3-5,8-9H,6-7H2,1-2H3,(H,16,17). The molecular formula is C13H16ClNO3. The molecule has 1 aromatic carbocycles. The van der Waals surface area contributed by atoms with Crippen LogP contribution in [-0.2, 0) is 4.74 Å². The normalized spacial score (nSPS) is 24.1. The average Bonchev–Trinajstić information content (AvgIpc) is 2.30. The molecule has 2 atom stereocenters. The molecule has 1 heterocycles. The third kappa shape index (κ3) is 2.44. The minimum absolute atomic E-state index is 0.146. The van der Waals surface area contributed by atoms with Crippen LogP contribution in [0.4, 0.5) is 5.69 Å². The van der Waals surface area contributed by atoms with Gasteiger partial charge in [0.2, 0.25) is 0 Å². The first kappa shape index (κ1) is 13.2. The molecule has 0 aliphatic carbocycles. The third-order valence-corrected chi connectivity index (χ3v) is 3.37. The summed E-state index contributed by atoms with van der Waals surface area (Å²) in [6.07, 6.45) is 0. The maximum absolute atomic E-state index is 11.3. The van der Waals surface area contributed by atoms with Crippen molar-refractivity contribution in [1.82, 2.24) is 0 Å². The molecular weight excluding hydrogens is 254 g/mol. The maximum Gasteiger partial charge on any atom is 0.337 e. The molecule has 5 heteroatoms. The highest BCUT2D eigenvalue weighted by molar-refractivity contribution is 6.31. The molecule has 0 amide bonds. The number of ether oxygens (including phenoxy) is 1. The van der Waals surface area contributed by atoms with Crippen LogP contribution < -0.4 is 4.90 Å². The van der Waals surface area contributed by atoms with E-state index >= 15 is 0 Å². The fourth-order valence-electron chi connectivity index (χ4n) is 2.38. The summed E-state index contributed by atoms with van der Waals surface area (Å²) >= 11 is 5.87. The molecule has 2 unspecified atom stereocenters. The number of hydrogen-bond donors (Lipinski definition) is 1. The topological polar surface area (TPSA) is 49.8 Å². The lowest BCUT2D eigenvalue weighted by atomic mass is 10.1. The Morgan fingerprint density at radius 1 is 1.39 bits per heavy atom. The molecule has 1 N–H and O–H groups in total. The molecule has 2 rings (SSSR count). The van der Waals surface area contributed by atoms with Crippen LogP contribution >= 0.6 is 11.6 Å². The summed E-state index contributed by atoms with van der Waals surface area (Å²) < 4.78 is 5.45. The highest BCUT2D eigenvalue weighted by Gasteiger charge is 2.28. The second kappa shape index (κ2) is 5.16. The molecule has 1 fully saturated rings. The van der Waals surface area contributed by atoms with E-state index in [4.69, 9.17) is 16.3 Å². The van der Waals surface area contributed by atoms with Crippen molar-refractivity contribution in [2.75, 3.05) is 18.1 Å². The van der Waals surface area contributed by atoms with Crippen molar-refractivity contribution >= 4 is 23.3 Å². The van der Waals surface area contributed by atoms with E-state index in [9.17, 15) is 9.90 Å². The van der Waals surface area contributed by atoms with Crippen molar-refractivity contribution < 1.29 is 14.6 Å². The quantitative estimate of drug-likeness (QED) is 0.897. The summed E-state index contributed by atoms with van der Waals surface area (Å²) in [5.41, 5.74) is 0.943. The molecule has 0 radical (unpaired) electrons. The van der Waals surface area contributed by atoms with Gasteiger partial charge in [0.25, 0.3) is 0 Å². The molecule has 4 nitrogen and oxygen atoms in total. The number of halogens is 1. The number of aromatic carboxylic acids is 1. The van der Waals surface area contributed by atoms with Gasteiger partial charge in [0.15, 0.2) is 0 Å². The number of carbonyl (C=O) groups is 1. The maximum atomic E-state index is 11.3. The lowest BCUT2D eigenvalue weighted by molar-refractivity contribution is 0.0684. The van der Waals surface area contributed by atoms with Gasteiger partial charge in [-0.2, -0.15) is 0 Å². The largest absolute Gasteiger partial charge is 0.478 e. The van der Waals surface area contributed by atoms with Gasteiger partial charge in [-0.3, -0.25) is 0 Å². The second-order valence-electron chi connectivity index (χ2n) is 4.61. The van der Waals surface area contributed by atoms with Crippen molar-refractivity contribution in [2.24, 2.45) is 0 Å². The van der Waals surface area contributed by atoms with Gasteiger partial charge in [0, 0.05) is 17.1 Å². The van der Waals surface area contributed by atoms with E-state index in [0.29, 0.717) is 23.9 Å². The molecule has 1 aliphatic rings. The van der Waals surface area contributed by atoms with Crippen molar-refractivity contribution in [3.8, 4) is 0 Å². The molecule has 0 aromatic heterocycles. The van der Waals surface area contributed by atoms with Crippen LogP contribution in [0.1, 0.15) is 24.2 Å². The summed E-state index contributed by atoms with van der Waals surface area (Å²) in [5, 5.41) is 9.71. The van der Waals surface area contributed by atoms with Crippen LogP contribution in [-0.4, -0.2) is 36.4 Å². The van der Waals surface area contributed by atoms with Gasteiger partial charge in [-0.05, 0) is 32.0 Å². The van der Waals surface area contributed by atoms with Gasteiger partial charge in [-0.15, -0.1) is 0 Å². The number of anilines is 1. The number of morpholine rings is 1. The smallest absolute Gasteiger partial charge is 0.337 e. The average molecular weight is 270 g/mol. The van der Waals surface area contributed by atoms with E-state index in [1.807, 2.05) is 13.8 Å². The zero-order chi connectivity index (χ0) is 13.3. The summed E-state index contributed by atoms with van der Waals surface area (Å²) in [4.78, 5) is 13.4. The van der Waals surface area contributed by atoms with Crippen LogP contribution in [0.15, 0.2) is 18.2 Å². The Labute approximate surface area is 111 Å². The number of carboxylic acids is 1. The van der Waals surface area contributed by atoms with E-state index in [1.165, 1.54) is 6.07 Å². The van der Waals surface area contributed by atoms with Crippen molar-refractivity contribution in [1.29, 1.82) is 0 Å². The molecule has 98 valence electrons. The lowest BCUT2D eigenvalue weighted by Crippen LogP contribution is -2.50. The summed E-state index contributed by atoms with van der Waals surface area (Å²) in [5.74, 6) is -0.960. The fraction of sp³-hybridized carbons (Fsp3) is 0.462. The molecule has 0 spiro atoms. The highest BCUT2D eigenvalue weighted by atomic mass is 35.5. The Balaban J connectivity index is 2.45. The molecule has 18 heavy (non-hydrogen) atoms. The Morgan fingerprint density at radius 2 is 2.00 bits per heavy atom. The summed E-state index contributed by atoms with van der Waals surface area (Å²) in [7, 11) is 0. The predicted molar refractivity (Wildman–Crippen MR) is 70.6 cm³/mol. The van der Waals surface area contributed by atoms with Crippen LogP contribution in [0.25, 0.3) is 0 Å². The number of carboxylic acid groups (broad SMARTS) is 1. The van der Waals surface area contributed by atoms with Crippen LogP contribution in [0, 0.1) is 0 Å². The zero-order valence-electron chi connectivity index (χ0n) is 10.4. The number of benzene rings is 1. The molecule has 1 aromatic rings. The van der Waals surface area contributed by atoms with Crippen LogP contribution in [0.5, 0.6) is 0 Å². The van der Waals surface area contributed by atoms with Gasteiger partial charge in [0.1, 0.15) is 0 Å². The minimum Gasteiger partial charge on any atom is -0.478 e. The van der Waals surface area contributed by atoms with E-state index in [2.05, 4.69) is 4.90 Å². The van der Waals surface area contributed by atoms with E-state index in [-0.39, 0.29) is 17.6 Å². The van der Waals surface area contributed by atoms with E-state index in [0.717, 1.165) is 0 Å². The Morgan fingerprint density at radius 3 is 2.56 bits per heavy atom. The van der Waals surface area contributed by atoms with Crippen LogP contribution in [0.3, 0.4) is 0 Å². The summed E-state index contributed by atoms with van der Waals surface area (Å²) in [6, 6.07) is 5.28. The second-order valence-corrected chi connectivity index (χ2v) is 5.05. The van der Waals surface area contributed by atoms with Crippen LogP contribution in [0.2, 0.25) is 5.02 Å². The first-order valence-electron chi connectivity index (χ1n) is 5.89. The molecule has 1 saturated heterocycles. The fourth-order valence-corrected chi connectivity index (χ4v) is 2.56. The van der Waals surface area contributed by atoms with E-state index in [1.54, 1.807) is 12.1 Å². The SMILES string of the molecule is CC1COCC(C)N1c1ccc(Cl)cc1C(=O)O. The monoisotopic (exact) mass is 269 g/mol. The van der Waals surface area contributed by atoms with Gasteiger partial charge in [0.05, 0.1) is 24.5 Å². The van der Waals surface area contributed by atoms with Crippen molar-refractivity contribution in [3.63, 3.8) is 0 Å². The first-order chi connectivity index (χ1) is 8.50. The van der Waals surface area contributed by atoms with Crippen molar-refractivity contribution in [2.45, 2.75) is 25.9 Å². The minimum atomic E-state index is -0.960. The number of nitrogens with zero attached hydrogens (tertiary/aromatic N) is 1. The lowest BCUT2D eigenvalue weighted by Gasteiger charge is -2.41. The number of hydrogen-bond acceptors (Lipinski definition) is 3. The molecule has 0 saturated carbocycles. The Bertz CT molecular complexity index is 454. The third-order valence-electron chi connectivity index (χ3n) is 3.14. The Hall–Kier alpha value is -1.26. The van der Waals surface area contributed by atoms with Gasteiger partial charge in [-0.25, -0.2) is 4.79 Å². The van der Waals surface area contributed by atoms with Gasteiger partial charge in [-0.1, -0.05) is 11.6 Å². The first-order valence-corrected chi connectivity index (χ1v) is 6.27. The predicted octanol–water partition coefficient (Wildman–Crippen LogP) is 2.65. The van der Waals surface area contributed by atoms with Gasteiger partial charge < -0.3 is 14.7 Å². The highest BCUT2D eigenvalue weighted by Crippen LogP contribution is 2.29. The zero-order valence-corrected chi connectivity index (χ0v) is 11.1. The summed E-state index contributed by atoms with van der Waals surface area (Å²) in [6.45, 7) is 5.25. The van der Waals surface area contributed by atoms with Gasteiger partial charge >= 0.3 is 5.97 Å². The molecule has 0 bridgehead atoms. The van der Waals surface area contributed by atoms with Crippen molar-refractivity contribution in [3.05, 3.63) is 28.8 Å². The number of rotatable bonds is 2. The molecule has 1 aliphatic heterocycles. The Kier molecular flexibility index (Phi) is 3.78.